The molecule has 1 nitrogen and oxygen atoms in total. The zero-order valence-corrected chi connectivity index (χ0v) is 16.4. The molecule has 2 heteroatoms. The Hall–Kier alpha value is -3.10. The maximum atomic E-state index is 4.31. The van der Waals surface area contributed by atoms with Crippen LogP contribution in [0.25, 0.3) is 43.8 Å². The first-order valence-electron chi connectivity index (χ1n) is 9.34. The summed E-state index contributed by atoms with van der Waals surface area (Å²) >= 11 is 1.78. The van der Waals surface area contributed by atoms with Gasteiger partial charge in [0.2, 0.25) is 0 Å². The highest BCUT2D eigenvalue weighted by Crippen LogP contribution is 2.36. The summed E-state index contributed by atoms with van der Waals surface area (Å²) < 4.78 is 0. The maximum absolute atomic E-state index is 4.31. The van der Waals surface area contributed by atoms with E-state index in [4.69, 9.17) is 0 Å². The first-order chi connectivity index (χ1) is 13.8. The Kier molecular flexibility index (Phi) is 4.34. The van der Waals surface area contributed by atoms with Crippen molar-refractivity contribution in [3.05, 3.63) is 97.3 Å². The van der Waals surface area contributed by atoms with E-state index in [2.05, 4.69) is 90.1 Å². The fraction of sp³-hybridized carbons (Fsp3) is 0.0385. The second kappa shape index (κ2) is 7.14. The summed E-state index contributed by atoms with van der Waals surface area (Å²) in [6.07, 6.45) is 5.88. The molecule has 0 aliphatic rings. The monoisotopic (exact) mass is 377 g/mol. The summed E-state index contributed by atoms with van der Waals surface area (Å²) in [4.78, 5) is 5.60. The van der Waals surface area contributed by atoms with E-state index >= 15 is 0 Å². The predicted octanol–water partition coefficient (Wildman–Crippen LogP) is 7.44. The van der Waals surface area contributed by atoms with Crippen molar-refractivity contribution >= 4 is 33.3 Å². The van der Waals surface area contributed by atoms with E-state index in [1.165, 1.54) is 43.1 Å². The highest BCUT2D eigenvalue weighted by Gasteiger charge is 2.09. The number of benzene rings is 4. The second-order valence-electron chi connectivity index (χ2n) is 6.88. The van der Waals surface area contributed by atoms with E-state index in [0.29, 0.717) is 0 Å². The summed E-state index contributed by atoms with van der Waals surface area (Å²) in [6.45, 7) is 0. The fourth-order valence-electron chi connectivity index (χ4n) is 3.87. The molecule has 1 aromatic heterocycles. The molecule has 0 N–H and O–H groups in total. The number of nitrogens with zero attached hydrogens (tertiary/aromatic N) is 1. The minimum Gasteiger partial charge on any atom is -0.264 e. The average molecular weight is 378 g/mol. The molecule has 0 atom stereocenters. The van der Waals surface area contributed by atoms with E-state index in [1.54, 1.807) is 11.8 Å². The van der Waals surface area contributed by atoms with Crippen LogP contribution in [-0.4, -0.2) is 11.2 Å². The van der Waals surface area contributed by atoms with Gasteiger partial charge in [0.25, 0.3) is 0 Å². The Morgan fingerprint density at radius 1 is 0.643 bits per heavy atom. The zero-order chi connectivity index (χ0) is 18.9. The highest BCUT2D eigenvalue weighted by atomic mass is 32.2. The Morgan fingerprint density at radius 2 is 1.32 bits per heavy atom. The van der Waals surface area contributed by atoms with Crippen molar-refractivity contribution in [1.29, 1.82) is 0 Å². The largest absolute Gasteiger partial charge is 0.264 e. The van der Waals surface area contributed by atoms with Crippen LogP contribution in [0.2, 0.25) is 0 Å². The summed E-state index contributed by atoms with van der Waals surface area (Å²) in [6, 6.07) is 30.6. The van der Waals surface area contributed by atoms with Gasteiger partial charge in [-0.3, -0.25) is 4.98 Å². The van der Waals surface area contributed by atoms with Crippen molar-refractivity contribution in [3.8, 4) is 22.3 Å². The third-order valence-electron chi connectivity index (χ3n) is 5.23. The van der Waals surface area contributed by atoms with Gasteiger partial charge in [0, 0.05) is 22.9 Å². The Balaban J connectivity index is 1.81. The van der Waals surface area contributed by atoms with Crippen LogP contribution >= 0.6 is 11.8 Å². The third kappa shape index (κ3) is 2.96. The molecule has 134 valence electrons. The Morgan fingerprint density at radius 3 is 2.00 bits per heavy atom. The van der Waals surface area contributed by atoms with Gasteiger partial charge in [-0.05, 0) is 74.8 Å². The molecule has 0 spiro atoms. The van der Waals surface area contributed by atoms with Crippen molar-refractivity contribution in [3.63, 3.8) is 0 Å². The SMILES string of the molecule is CSc1cccc(-c2cccc3cc4cccc(-c5cccnc5)c4cc23)c1. The second-order valence-corrected chi connectivity index (χ2v) is 7.76. The third-order valence-corrected chi connectivity index (χ3v) is 5.96. The number of hydrogen-bond donors (Lipinski definition) is 0. The standard InChI is InChI=1S/C26H19NS/c1-28-22-10-2-6-20(15-22)23-11-3-7-18-14-19-8-4-12-24(26(19)16-25(18)23)21-9-5-13-27-17-21/h2-17H,1H3. The predicted molar refractivity (Wildman–Crippen MR) is 122 cm³/mol. The molecular weight excluding hydrogens is 358 g/mol. The molecule has 0 saturated carbocycles. The lowest BCUT2D eigenvalue weighted by atomic mass is 9.92. The van der Waals surface area contributed by atoms with Crippen LogP contribution in [-0.2, 0) is 0 Å². The van der Waals surface area contributed by atoms with Gasteiger partial charge >= 0.3 is 0 Å². The molecule has 0 fully saturated rings. The minimum absolute atomic E-state index is 1.15. The van der Waals surface area contributed by atoms with E-state index in [0.717, 1.165) is 5.56 Å². The zero-order valence-electron chi connectivity index (χ0n) is 15.6. The van der Waals surface area contributed by atoms with E-state index in [1.807, 2.05) is 18.5 Å². The summed E-state index contributed by atoms with van der Waals surface area (Å²) in [5.41, 5.74) is 4.90. The van der Waals surface area contributed by atoms with Crippen LogP contribution in [0, 0.1) is 0 Å². The van der Waals surface area contributed by atoms with Gasteiger partial charge in [-0.15, -0.1) is 11.8 Å². The lowest BCUT2D eigenvalue weighted by Crippen LogP contribution is -1.86. The van der Waals surface area contributed by atoms with Gasteiger partial charge in [-0.25, -0.2) is 0 Å². The van der Waals surface area contributed by atoms with E-state index < -0.39 is 0 Å². The van der Waals surface area contributed by atoms with Gasteiger partial charge in [0.1, 0.15) is 0 Å². The first-order valence-corrected chi connectivity index (χ1v) is 10.6. The molecule has 4 aromatic carbocycles. The molecule has 1 heterocycles. The molecule has 28 heavy (non-hydrogen) atoms. The highest BCUT2D eigenvalue weighted by molar-refractivity contribution is 7.98. The lowest BCUT2D eigenvalue weighted by Gasteiger charge is -2.12. The first kappa shape index (κ1) is 17.0. The summed E-state index contributed by atoms with van der Waals surface area (Å²) in [7, 11) is 0. The number of hydrogen-bond acceptors (Lipinski definition) is 2. The van der Waals surface area contributed by atoms with E-state index in [9.17, 15) is 0 Å². The van der Waals surface area contributed by atoms with Crippen LogP contribution in [0.3, 0.4) is 0 Å². The van der Waals surface area contributed by atoms with Gasteiger partial charge < -0.3 is 0 Å². The van der Waals surface area contributed by atoms with Gasteiger partial charge in [0.05, 0.1) is 0 Å². The van der Waals surface area contributed by atoms with Crippen molar-refractivity contribution < 1.29 is 0 Å². The number of fused-ring (bicyclic) bond motifs is 2. The van der Waals surface area contributed by atoms with Crippen LogP contribution in [0.5, 0.6) is 0 Å². The molecule has 5 rings (SSSR count). The molecule has 0 aliphatic heterocycles. The lowest BCUT2D eigenvalue weighted by molar-refractivity contribution is 1.33. The smallest absolute Gasteiger partial charge is 0.0346 e. The quantitative estimate of drug-likeness (QED) is 0.239. The number of rotatable bonds is 3. The summed E-state index contributed by atoms with van der Waals surface area (Å²) in [5, 5.41) is 5.06. The number of pyridine rings is 1. The summed E-state index contributed by atoms with van der Waals surface area (Å²) in [5.74, 6) is 0. The van der Waals surface area contributed by atoms with E-state index in [-0.39, 0.29) is 0 Å². The number of thioether (sulfide) groups is 1. The molecule has 0 aliphatic carbocycles. The van der Waals surface area contributed by atoms with Gasteiger partial charge in [-0.1, -0.05) is 54.6 Å². The minimum atomic E-state index is 1.15. The Bertz CT molecular complexity index is 1290. The van der Waals surface area contributed by atoms with Crippen molar-refractivity contribution in [2.75, 3.05) is 6.26 Å². The van der Waals surface area contributed by atoms with Crippen LogP contribution < -0.4 is 0 Å². The van der Waals surface area contributed by atoms with Gasteiger partial charge in [-0.2, -0.15) is 0 Å². The average Bonchev–Trinajstić information content (AvgIpc) is 2.77. The molecule has 0 amide bonds. The van der Waals surface area contributed by atoms with Crippen molar-refractivity contribution in [2.45, 2.75) is 4.90 Å². The molecule has 0 bridgehead atoms. The fourth-order valence-corrected chi connectivity index (χ4v) is 4.33. The Labute approximate surface area is 169 Å². The van der Waals surface area contributed by atoms with Crippen molar-refractivity contribution in [2.24, 2.45) is 0 Å². The normalized spacial score (nSPS) is 11.2. The van der Waals surface area contributed by atoms with Crippen molar-refractivity contribution in [1.82, 2.24) is 4.98 Å². The molecule has 0 saturated heterocycles. The molecule has 0 radical (unpaired) electrons. The molecule has 0 unspecified atom stereocenters. The molecule has 5 aromatic rings. The van der Waals surface area contributed by atoms with Gasteiger partial charge in [0.15, 0.2) is 0 Å². The van der Waals surface area contributed by atoms with Crippen LogP contribution in [0.15, 0.2) is 102 Å². The number of aromatic nitrogens is 1. The topological polar surface area (TPSA) is 12.9 Å². The van der Waals surface area contributed by atoms with Crippen LogP contribution in [0.4, 0.5) is 0 Å². The maximum Gasteiger partial charge on any atom is 0.0346 e. The van der Waals surface area contributed by atoms with Crippen LogP contribution in [0.1, 0.15) is 0 Å². The molecular formula is C26H19NS.